The van der Waals surface area contributed by atoms with Gasteiger partial charge in [0.25, 0.3) is 0 Å². The molecular formula is C19H20N4. The van der Waals surface area contributed by atoms with Crippen molar-refractivity contribution in [3.8, 4) is 0 Å². The molecule has 0 radical (unpaired) electrons. The summed E-state index contributed by atoms with van der Waals surface area (Å²) in [6.45, 7) is 4.71. The summed E-state index contributed by atoms with van der Waals surface area (Å²) in [4.78, 5) is 8.89. The maximum absolute atomic E-state index is 4.44. The van der Waals surface area contributed by atoms with Gasteiger partial charge in [-0.15, -0.1) is 0 Å². The Morgan fingerprint density at radius 2 is 1.52 bits per heavy atom. The van der Waals surface area contributed by atoms with Crippen molar-refractivity contribution in [1.29, 1.82) is 0 Å². The Morgan fingerprint density at radius 1 is 0.826 bits per heavy atom. The van der Waals surface area contributed by atoms with Gasteiger partial charge in [0.15, 0.2) is 0 Å². The zero-order valence-electron chi connectivity index (χ0n) is 13.4. The predicted molar refractivity (Wildman–Crippen MR) is 95.0 cm³/mol. The van der Waals surface area contributed by atoms with Crippen molar-refractivity contribution in [3.63, 3.8) is 0 Å². The Kier molecular flexibility index (Phi) is 4.52. The lowest BCUT2D eigenvalue weighted by atomic mass is 10.2. The smallest absolute Gasteiger partial charge is 0.136 e. The highest BCUT2D eigenvalue weighted by Crippen LogP contribution is 2.18. The number of rotatable bonds is 5. The molecule has 0 aliphatic rings. The lowest BCUT2D eigenvalue weighted by Gasteiger charge is -2.10. The predicted octanol–water partition coefficient (Wildman–Crippen LogP) is 4.45. The van der Waals surface area contributed by atoms with Gasteiger partial charge in [-0.1, -0.05) is 48.0 Å². The van der Waals surface area contributed by atoms with Crippen LogP contribution in [0.15, 0.2) is 60.7 Å². The van der Waals surface area contributed by atoms with Gasteiger partial charge < -0.3 is 10.6 Å². The molecule has 4 nitrogen and oxygen atoms in total. The Bertz CT molecular complexity index is 767. The number of anilines is 3. The van der Waals surface area contributed by atoms with Crippen LogP contribution in [-0.2, 0) is 6.54 Å². The van der Waals surface area contributed by atoms with Crippen LogP contribution in [0, 0.1) is 13.8 Å². The number of aromatic nitrogens is 2. The molecule has 3 aromatic rings. The van der Waals surface area contributed by atoms with E-state index in [1.807, 2.05) is 43.3 Å². The average molecular weight is 304 g/mol. The second kappa shape index (κ2) is 6.92. The Hall–Kier alpha value is -2.88. The first-order valence-corrected chi connectivity index (χ1v) is 7.66. The largest absolute Gasteiger partial charge is 0.366 e. The molecular weight excluding hydrogens is 284 g/mol. The van der Waals surface area contributed by atoms with E-state index in [0.29, 0.717) is 0 Å². The van der Waals surface area contributed by atoms with Gasteiger partial charge in [0.2, 0.25) is 0 Å². The minimum absolute atomic E-state index is 0.734. The normalized spacial score (nSPS) is 10.3. The second-order valence-electron chi connectivity index (χ2n) is 5.52. The zero-order valence-corrected chi connectivity index (χ0v) is 13.4. The van der Waals surface area contributed by atoms with Crippen molar-refractivity contribution in [2.75, 3.05) is 10.6 Å². The van der Waals surface area contributed by atoms with Gasteiger partial charge in [-0.2, -0.15) is 0 Å². The summed E-state index contributed by atoms with van der Waals surface area (Å²) in [6.07, 6.45) is 0. The quantitative estimate of drug-likeness (QED) is 0.731. The Balaban J connectivity index is 1.72. The van der Waals surface area contributed by atoms with Crippen molar-refractivity contribution in [1.82, 2.24) is 9.97 Å². The molecule has 0 aliphatic heterocycles. The van der Waals surface area contributed by atoms with Crippen LogP contribution >= 0.6 is 0 Å². The lowest BCUT2D eigenvalue weighted by Crippen LogP contribution is -2.05. The molecule has 3 rings (SSSR count). The highest BCUT2D eigenvalue weighted by atomic mass is 15.1. The summed E-state index contributed by atoms with van der Waals surface area (Å²) in [5.41, 5.74) is 3.47. The van der Waals surface area contributed by atoms with Gasteiger partial charge in [-0.25, -0.2) is 9.97 Å². The Labute approximate surface area is 136 Å². The summed E-state index contributed by atoms with van der Waals surface area (Å²) in [5.74, 6) is 2.34. The van der Waals surface area contributed by atoms with Crippen molar-refractivity contribution < 1.29 is 0 Å². The summed E-state index contributed by atoms with van der Waals surface area (Å²) in [6, 6.07) is 20.4. The molecule has 0 saturated carbocycles. The molecule has 0 saturated heterocycles. The third kappa shape index (κ3) is 4.30. The van der Waals surface area contributed by atoms with Crippen LogP contribution in [0.1, 0.15) is 17.0 Å². The molecule has 0 fully saturated rings. The minimum atomic E-state index is 0.734. The topological polar surface area (TPSA) is 49.8 Å². The second-order valence-corrected chi connectivity index (χ2v) is 5.52. The van der Waals surface area contributed by atoms with E-state index in [9.17, 15) is 0 Å². The fourth-order valence-electron chi connectivity index (χ4n) is 2.30. The summed E-state index contributed by atoms with van der Waals surface area (Å²) < 4.78 is 0. The van der Waals surface area contributed by atoms with E-state index in [4.69, 9.17) is 0 Å². The van der Waals surface area contributed by atoms with Gasteiger partial charge in [0.1, 0.15) is 17.5 Å². The van der Waals surface area contributed by atoms with Crippen LogP contribution in [-0.4, -0.2) is 9.97 Å². The molecule has 1 aromatic heterocycles. The molecule has 0 amide bonds. The molecule has 2 N–H and O–H groups in total. The first-order valence-electron chi connectivity index (χ1n) is 7.66. The molecule has 0 bridgehead atoms. The maximum atomic E-state index is 4.44. The molecule has 0 atom stereocenters. The van der Waals surface area contributed by atoms with Crippen molar-refractivity contribution in [2.24, 2.45) is 0 Å². The first kappa shape index (κ1) is 15.0. The van der Waals surface area contributed by atoms with E-state index in [2.05, 4.69) is 51.8 Å². The zero-order chi connectivity index (χ0) is 16.1. The molecule has 0 unspecified atom stereocenters. The first-order chi connectivity index (χ1) is 11.2. The molecule has 4 heteroatoms. The fourth-order valence-corrected chi connectivity index (χ4v) is 2.30. The number of aryl methyl sites for hydroxylation is 2. The fraction of sp³-hybridized carbons (Fsp3) is 0.158. The van der Waals surface area contributed by atoms with Crippen LogP contribution in [0.4, 0.5) is 17.3 Å². The van der Waals surface area contributed by atoms with Gasteiger partial charge in [-0.05, 0) is 31.5 Å². The summed E-state index contributed by atoms with van der Waals surface area (Å²) in [7, 11) is 0. The van der Waals surface area contributed by atoms with E-state index in [1.165, 1.54) is 11.1 Å². The SMILES string of the molecule is Cc1ccc(Nc2cc(NCc3ccccc3)nc(C)n2)cc1. The van der Waals surface area contributed by atoms with Gasteiger partial charge in [0.05, 0.1) is 0 Å². The molecule has 116 valence electrons. The van der Waals surface area contributed by atoms with E-state index < -0.39 is 0 Å². The number of hydrogen-bond acceptors (Lipinski definition) is 4. The number of nitrogens with zero attached hydrogens (tertiary/aromatic N) is 2. The van der Waals surface area contributed by atoms with Crippen LogP contribution in [0.3, 0.4) is 0 Å². The van der Waals surface area contributed by atoms with Crippen LogP contribution < -0.4 is 10.6 Å². The monoisotopic (exact) mass is 304 g/mol. The highest BCUT2D eigenvalue weighted by Gasteiger charge is 2.03. The number of benzene rings is 2. The summed E-state index contributed by atoms with van der Waals surface area (Å²) in [5, 5.41) is 6.67. The standard InChI is InChI=1S/C19H20N4/c1-14-8-10-17(11-9-14)23-19-12-18(21-15(2)22-19)20-13-16-6-4-3-5-7-16/h3-12H,13H2,1-2H3,(H2,20,21,22,23). The van der Waals surface area contributed by atoms with Crippen LogP contribution in [0.5, 0.6) is 0 Å². The van der Waals surface area contributed by atoms with Crippen molar-refractivity contribution in [2.45, 2.75) is 20.4 Å². The number of hydrogen-bond donors (Lipinski definition) is 2. The van der Waals surface area contributed by atoms with Crippen LogP contribution in [0.25, 0.3) is 0 Å². The van der Waals surface area contributed by atoms with Gasteiger partial charge in [0, 0.05) is 18.3 Å². The maximum Gasteiger partial charge on any atom is 0.136 e. The van der Waals surface area contributed by atoms with Gasteiger partial charge >= 0.3 is 0 Å². The summed E-state index contributed by atoms with van der Waals surface area (Å²) >= 11 is 0. The lowest BCUT2D eigenvalue weighted by molar-refractivity contribution is 1.03. The average Bonchev–Trinajstić information content (AvgIpc) is 2.56. The van der Waals surface area contributed by atoms with E-state index in [1.54, 1.807) is 0 Å². The van der Waals surface area contributed by atoms with E-state index in [0.717, 1.165) is 29.7 Å². The minimum Gasteiger partial charge on any atom is -0.366 e. The molecule has 0 aliphatic carbocycles. The van der Waals surface area contributed by atoms with Gasteiger partial charge in [-0.3, -0.25) is 0 Å². The molecule has 1 heterocycles. The van der Waals surface area contributed by atoms with Crippen molar-refractivity contribution in [3.05, 3.63) is 77.6 Å². The van der Waals surface area contributed by atoms with Crippen molar-refractivity contribution >= 4 is 17.3 Å². The number of nitrogens with one attached hydrogen (secondary N) is 2. The van der Waals surface area contributed by atoms with Crippen LogP contribution in [0.2, 0.25) is 0 Å². The van der Waals surface area contributed by atoms with E-state index in [-0.39, 0.29) is 0 Å². The molecule has 0 spiro atoms. The Morgan fingerprint density at radius 3 is 2.26 bits per heavy atom. The third-order valence-corrected chi connectivity index (χ3v) is 3.48. The highest BCUT2D eigenvalue weighted by molar-refractivity contribution is 5.59. The third-order valence-electron chi connectivity index (χ3n) is 3.48. The molecule has 2 aromatic carbocycles. The van der Waals surface area contributed by atoms with E-state index >= 15 is 0 Å². The molecule has 23 heavy (non-hydrogen) atoms.